The molecule has 0 aliphatic rings. The van der Waals surface area contributed by atoms with Gasteiger partial charge in [0.1, 0.15) is 0 Å². The van der Waals surface area contributed by atoms with Crippen LogP contribution in [0.25, 0.3) is 0 Å². The minimum atomic E-state index is -1.41. The quantitative estimate of drug-likeness (QED) is 0.641. The molecule has 0 aromatic rings. The Labute approximate surface area is 138 Å². The summed E-state index contributed by atoms with van der Waals surface area (Å²) in [5, 5.41) is 5.66. The third-order valence-corrected chi connectivity index (χ3v) is 14.4. The van der Waals surface area contributed by atoms with Gasteiger partial charge >= 0.3 is 0 Å². The first-order valence-corrected chi connectivity index (χ1v) is 12.2. The summed E-state index contributed by atoms with van der Waals surface area (Å²) < 4.78 is 0. The van der Waals surface area contributed by atoms with Gasteiger partial charge < -0.3 is 5.32 Å². The molecule has 0 aromatic carbocycles. The summed E-state index contributed by atoms with van der Waals surface area (Å²) in [6, 6.07) is 0.570. The van der Waals surface area contributed by atoms with Crippen molar-refractivity contribution in [1.82, 2.24) is 5.32 Å². The summed E-state index contributed by atoms with van der Waals surface area (Å²) >= 11 is 0. The predicted octanol–water partition coefficient (Wildman–Crippen LogP) is 4.62. The molecule has 1 nitrogen and oxygen atoms in total. The van der Waals surface area contributed by atoms with Gasteiger partial charge in [0.2, 0.25) is 0 Å². The average molecular weight is 328 g/mol. The van der Waals surface area contributed by atoms with E-state index in [4.69, 9.17) is 0 Å². The lowest BCUT2D eigenvalue weighted by molar-refractivity contribution is 0.518. The molecular weight excluding hydrogens is 286 g/mol. The predicted molar refractivity (Wildman–Crippen MR) is 106 cm³/mol. The number of hydrogen-bond acceptors (Lipinski definition) is 1. The van der Waals surface area contributed by atoms with E-state index in [-0.39, 0.29) is 0 Å². The molecule has 1 N–H and O–H groups in total. The van der Waals surface area contributed by atoms with Gasteiger partial charge in [0.15, 0.2) is 0 Å². The summed E-state index contributed by atoms with van der Waals surface area (Å²) in [6.45, 7) is 24.2. The van der Waals surface area contributed by atoms with Gasteiger partial charge in [0.25, 0.3) is 0 Å². The van der Waals surface area contributed by atoms with Gasteiger partial charge in [-0.15, -0.1) is 0 Å². The van der Waals surface area contributed by atoms with Crippen molar-refractivity contribution in [2.24, 2.45) is 0 Å². The summed E-state index contributed by atoms with van der Waals surface area (Å²) in [6.07, 6.45) is 1.20. The normalized spacial score (nSPS) is 17.6. The first-order valence-electron chi connectivity index (χ1n) is 8.93. The molecule has 3 heteroatoms. The molecule has 0 heterocycles. The van der Waals surface area contributed by atoms with Crippen LogP contribution in [0.15, 0.2) is 10.8 Å². The van der Waals surface area contributed by atoms with Crippen molar-refractivity contribution in [2.45, 2.75) is 104 Å². The Balaban J connectivity index is 5.51. The highest BCUT2D eigenvalue weighted by Gasteiger charge is 2.47. The second kappa shape index (κ2) is 8.68. The van der Waals surface area contributed by atoms with Crippen LogP contribution in [0, 0.1) is 0 Å². The Hall–Kier alpha value is 0.134. The van der Waals surface area contributed by atoms with Crippen LogP contribution in [0.3, 0.4) is 0 Å². The third-order valence-electron chi connectivity index (χ3n) is 5.92. The zero-order valence-corrected chi connectivity index (χ0v) is 19.6. The molecule has 0 rings (SSSR count). The van der Waals surface area contributed by atoms with E-state index in [9.17, 15) is 0 Å². The lowest BCUT2D eigenvalue weighted by Gasteiger charge is -2.49. The molecule has 0 saturated heterocycles. The zero-order chi connectivity index (χ0) is 17.0. The Morgan fingerprint density at radius 2 is 1.29 bits per heavy atom. The Kier molecular flexibility index (Phi) is 8.74. The third kappa shape index (κ3) is 4.55. The maximum Gasteiger partial charge on any atom is 0.0798 e. The fraction of sp³-hybridized carbons (Fsp3) is 0.889. The molecule has 0 aliphatic heterocycles. The van der Waals surface area contributed by atoms with Gasteiger partial charge in [0.05, 0.1) is 8.07 Å². The van der Waals surface area contributed by atoms with E-state index in [2.05, 4.69) is 74.6 Å². The molecule has 21 heavy (non-hydrogen) atoms. The highest BCUT2D eigenvalue weighted by Crippen LogP contribution is 2.44. The van der Waals surface area contributed by atoms with E-state index in [1.54, 1.807) is 10.8 Å². The fourth-order valence-corrected chi connectivity index (χ4v) is 12.7. The highest BCUT2D eigenvalue weighted by atomic mass is 28.3. The lowest BCUT2D eigenvalue weighted by Crippen LogP contribution is -2.61. The van der Waals surface area contributed by atoms with Crippen LogP contribution in [0.2, 0.25) is 16.6 Å². The van der Waals surface area contributed by atoms with Crippen LogP contribution >= 0.6 is 0 Å². The van der Waals surface area contributed by atoms with Gasteiger partial charge in [-0.05, 0) is 42.6 Å². The first-order chi connectivity index (χ1) is 9.53. The fourth-order valence-electron chi connectivity index (χ4n) is 4.84. The van der Waals surface area contributed by atoms with Crippen molar-refractivity contribution in [2.75, 3.05) is 0 Å². The number of hydrogen-bond donors (Lipinski definition) is 1. The van der Waals surface area contributed by atoms with E-state index < -0.39 is 8.07 Å². The molecule has 2 atom stereocenters. The van der Waals surface area contributed by atoms with Gasteiger partial charge in [-0.3, -0.25) is 0 Å². The lowest BCUT2D eigenvalue weighted by atomic mass is 10.1. The van der Waals surface area contributed by atoms with E-state index in [0.717, 1.165) is 16.6 Å². The van der Waals surface area contributed by atoms with Crippen molar-refractivity contribution in [1.29, 1.82) is 0 Å². The summed E-state index contributed by atoms with van der Waals surface area (Å²) in [5.74, 6) is 0. The van der Waals surface area contributed by atoms with Crippen molar-refractivity contribution in [3.8, 4) is 0 Å². The second-order valence-electron chi connectivity index (χ2n) is 8.00. The summed E-state index contributed by atoms with van der Waals surface area (Å²) in [4.78, 5) is 0. The Morgan fingerprint density at radius 3 is 1.52 bits per heavy atom. The molecule has 0 saturated carbocycles. The standard InChI is InChI=1S/C18H41NSi2/c1-11-18(15(8)16(9)20)19-17(10)21(12(2)3,13(4)5)14(6)7/h12-14,17-19H,11H2,1-10,20H3. The number of nitrogens with one attached hydrogen (secondary N) is 1. The zero-order valence-electron chi connectivity index (χ0n) is 16.6. The molecule has 0 bridgehead atoms. The molecule has 0 radical (unpaired) electrons. The van der Waals surface area contributed by atoms with Crippen LogP contribution in [-0.4, -0.2) is 30.0 Å². The SMILES string of the molecule is CCC(NC(C)[Si](C(C)C)(C(C)C)C(C)C)C(C)=C(C)[SiH3]. The molecule has 0 aromatic heterocycles. The van der Waals surface area contributed by atoms with Crippen LogP contribution < -0.4 is 5.32 Å². The van der Waals surface area contributed by atoms with Crippen molar-refractivity contribution >= 4 is 18.3 Å². The van der Waals surface area contributed by atoms with Crippen LogP contribution in [0.4, 0.5) is 0 Å². The summed E-state index contributed by atoms with van der Waals surface area (Å²) in [5.41, 5.74) is 4.71. The van der Waals surface area contributed by atoms with Crippen LogP contribution in [0.1, 0.15) is 75.7 Å². The Morgan fingerprint density at radius 1 is 0.905 bits per heavy atom. The van der Waals surface area contributed by atoms with E-state index >= 15 is 0 Å². The Bertz CT molecular complexity index is 319. The topological polar surface area (TPSA) is 12.0 Å². The molecule has 0 fully saturated rings. The second-order valence-corrected chi connectivity index (χ2v) is 15.8. The maximum absolute atomic E-state index is 4.06. The van der Waals surface area contributed by atoms with Gasteiger partial charge in [0, 0.05) is 16.3 Å². The van der Waals surface area contributed by atoms with Crippen LogP contribution in [-0.2, 0) is 0 Å². The summed E-state index contributed by atoms with van der Waals surface area (Å²) in [7, 11) is -0.227. The minimum absolute atomic E-state index is 0.570. The number of rotatable bonds is 8. The largest absolute Gasteiger partial charge is 0.310 e. The van der Waals surface area contributed by atoms with Gasteiger partial charge in [-0.25, -0.2) is 0 Å². The number of allylic oxidation sites excluding steroid dienone is 1. The molecule has 126 valence electrons. The minimum Gasteiger partial charge on any atom is -0.310 e. The first kappa shape index (κ1) is 21.1. The van der Waals surface area contributed by atoms with E-state index in [0.29, 0.717) is 11.7 Å². The molecule has 0 aliphatic carbocycles. The van der Waals surface area contributed by atoms with Gasteiger partial charge in [-0.1, -0.05) is 66.2 Å². The molecule has 0 spiro atoms. The van der Waals surface area contributed by atoms with Crippen molar-refractivity contribution in [3.05, 3.63) is 10.8 Å². The maximum atomic E-state index is 4.06. The van der Waals surface area contributed by atoms with E-state index in [1.165, 1.54) is 16.7 Å². The van der Waals surface area contributed by atoms with Gasteiger partial charge in [-0.2, -0.15) is 0 Å². The van der Waals surface area contributed by atoms with Crippen molar-refractivity contribution in [3.63, 3.8) is 0 Å². The van der Waals surface area contributed by atoms with Crippen molar-refractivity contribution < 1.29 is 0 Å². The smallest absolute Gasteiger partial charge is 0.0798 e. The highest BCUT2D eigenvalue weighted by molar-refractivity contribution is 6.84. The molecule has 2 unspecified atom stereocenters. The monoisotopic (exact) mass is 327 g/mol. The molecule has 0 amide bonds. The molecular formula is C18H41NSi2. The van der Waals surface area contributed by atoms with Crippen LogP contribution in [0.5, 0.6) is 0 Å². The average Bonchev–Trinajstić information content (AvgIpc) is 2.33. The van der Waals surface area contributed by atoms with E-state index in [1.807, 2.05) is 0 Å².